The van der Waals surface area contributed by atoms with Gasteiger partial charge in [0.05, 0.1) is 5.69 Å². The first kappa shape index (κ1) is 14.7. The van der Waals surface area contributed by atoms with Crippen molar-refractivity contribution in [1.82, 2.24) is 15.1 Å². The van der Waals surface area contributed by atoms with Gasteiger partial charge in [-0.25, -0.2) is 0 Å². The fourth-order valence-corrected chi connectivity index (χ4v) is 2.03. The van der Waals surface area contributed by atoms with Crippen molar-refractivity contribution in [3.05, 3.63) is 17.0 Å². The van der Waals surface area contributed by atoms with Crippen LogP contribution in [0.5, 0.6) is 0 Å². The fraction of sp³-hybridized carbons (Fsp3) is 0.692. The molecule has 0 aromatic carbocycles. The molecule has 0 radical (unpaired) electrons. The molecular formula is C13H23N3O2. The number of aromatic nitrogens is 2. The molecule has 1 aromatic rings. The Morgan fingerprint density at radius 1 is 1.50 bits per heavy atom. The molecule has 0 bridgehead atoms. The van der Waals surface area contributed by atoms with Crippen molar-refractivity contribution in [2.45, 2.75) is 46.1 Å². The van der Waals surface area contributed by atoms with Gasteiger partial charge in [-0.2, -0.15) is 5.10 Å². The van der Waals surface area contributed by atoms with Gasteiger partial charge in [-0.1, -0.05) is 0 Å². The molecule has 1 heterocycles. The van der Waals surface area contributed by atoms with Crippen LogP contribution >= 0.6 is 0 Å². The molecule has 0 saturated heterocycles. The normalized spacial score (nSPS) is 12.5. The Morgan fingerprint density at radius 3 is 2.67 bits per heavy atom. The highest BCUT2D eigenvalue weighted by molar-refractivity contribution is 5.76. The zero-order chi connectivity index (χ0) is 13.7. The van der Waals surface area contributed by atoms with Gasteiger partial charge in [0, 0.05) is 31.8 Å². The molecule has 1 atom stereocenters. The van der Waals surface area contributed by atoms with Crippen LogP contribution in [0.1, 0.15) is 36.7 Å². The topological polar surface area (TPSA) is 67.2 Å². The number of amides is 1. The van der Waals surface area contributed by atoms with Crippen molar-refractivity contribution in [3.63, 3.8) is 0 Å². The minimum Gasteiger partial charge on any atom is -0.396 e. The van der Waals surface area contributed by atoms with Crippen LogP contribution < -0.4 is 5.32 Å². The molecule has 1 rings (SSSR count). The van der Waals surface area contributed by atoms with Crippen LogP contribution in [0.2, 0.25) is 0 Å². The number of carbonyl (C=O) groups is 1. The third-order valence-corrected chi connectivity index (χ3v) is 3.23. The minimum absolute atomic E-state index is 0.0265. The predicted molar refractivity (Wildman–Crippen MR) is 70.3 cm³/mol. The zero-order valence-corrected chi connectivity index (χ0v) is 11.7. The molecule has 5 heteroatoms. The summed E-state index contributed by atoms with van der Waals surface area (Å²) < 4.78 is 1.84. The Hall–Kier alpha value is -1.36. The van der Waals surface area contributed by atoms with E-state index in [-0.39, 0.29) is 18.6 Å². The summed E-state index contributed by atoms with van der Waals surface area (Å²) in [5.74, 6) is 0.0265. The average Bonchev–Trinajstić information content (AvgIpc) is 2.51. The summed E-state index contributed by atoms with van der Waals surface area (Å²) in [6.45, 7) is 5.98. The smallest absolute Gasteiger partial charge is 0.220 e. The van der Waals surface area contributed by atoms with E-state index in [1.165, 1.54) is 0 Å². The first-order chi connectivity index (χ1) is 8.45. The molecule has 1 amide bonds. The zero-order valence-electron chi connectivity index (χ0n) is 11.7. The largest absolute Gasteiger partial charge is 0.396 e. The number of aryl methyl sites for hydroxylation is 2. The third-order valence-electron chi connectivity index (χ3n) is 3.23. The van der Waals surface area contributed by atoms with Gasteiger partial charge in [0.15, 0.2) is 0 Å². The quantitative estimate of drug-likeness (QED) is 0.790. The van der Waals surface area contributed by atoms with E-state index in [0.29, 0.717) is 19.3 Å². The SMILES string of the molecule is Cc1nn(C)c(C)c1CCC(=O)NC(C)CCO. The Kier molecular flexibility index (Phi) is 5.34. The number of aliphatic hydroxyl groups is 1. The number of hydrogen-bond acceptors (Lipinski definition) is 3. The summed E-state index contributed by atoms with van der Waals surface area (Å²) in [6, 6.07) is 0.0265. The second kappa shape index (κ2) is 6.54. The van der Waals surface area contributed by atoms with Crippen LogP contribution in [-0.4, -0.2) is 33.4 Å². The Balaban J connectivity index is 2.47. The fourth-order valence-electron chi connectivity index (χ4n) is 2.03. The molecule has 5 nitrogen and oxygen atoms in total. The summed E-state index contributed by atoms with van der Waals surface area (Å²) in [6.07, 6.45) is 1.77. The summed E-state index contributed by atoms with van der Waals surface area (Å²) in [5.41, 5.74) is 3.26. The average molecular weight is 253 g/mol. The lowest BCUT2D eigenvalue weighted by atomic mass is 10.1. The molecule has 0 saturated carbocycles. The Labute approximate surface area is 108 Å². The van der Waals surface area contributed by atoms with E-state index in [0.717, 1.165) is 17.0 Å². The van der Waals surface area contributed by atoms with E-state index in [2.05, 4.69) is 10.4 Å². The number of carbonyl (C=O) groups excluding carboxylic acids is 1. The Morgan fingerprint density at radius 2 is 2.17 bits per heavy atom. The molecular weight excluding hydrogens is 230 g/mol. The van der Waals surface area contributed by atoms with Crippen molar-refractivity contribution in [2.75, 3.05) is 6.61 Å². The summed E-state index contributed by atoms with van der Waals surface area (Å²) in [5, 5.41) is 16.0. The van der Waals surface area contributed by atoms with Crippen molar-refractivity contribution < 1.29 is 9.90 Å². The van der Waals surface area contributed by atoms with Crippen molar-refractivity contribution in [1.29, 1.82) is 0 Å². The van der Waals surface area contributed by atoms with Gasteiger partial charge in [0.2, 0.25) is 5.91 Å². The number of rotatable bonds is 6. The van der Waals surface area contributed by atoms with E-state index in [4.69, 9.17) is 5.11 Å². The van der Waals surface area contributed by atoms with Crippen LogP contribution in [0.4, 0.5) is 0 Å². The summed E-state index contributed by atoms with van der Waals surface area (Å²) >= 11 is 0. The van der Waals surface area contributed by atoms with Gasteiger partial charge in [0.25, 0.3) is 0 Å². The third kappa shape index (κ3) is 3.84. The van der Waals surface area contributed by atoms with Gasteiger partial charge < -0.3 is 10.4 Å². The second-order valence-electron chi connectivity index (χ2n) is 4.75. The number of aliphatic hydroxyl groups excluding tert-OH is 1. The monoisotopic (exact) mass is 253 g/mol. The summed E-state index contributed by atoms with van der Waals surface area (Å²) in [7, 11) is 1.91. The van der Waals surface area contributed by atoms with Gasteiger partial charge in [-0.15, -0.1) is 0 Å². The number of hydrogen-bond donors (Lipinski definition) is 2. The highest BCUT2D eigenvalue weighted by Gasteiger charge is 2.12. The molecule has 102 valence electrons. The predicted octanol–water partition coefficient (Wildman–Crippen LogP) is 0.857. The van der Waals surface area contributed by atoms with Crippen LogP contribution in [0.25, 0.3) is 0 Å². The molecule has 2 N–H and O–H groups in total. The van der Waals surface area contributed by atoms with Crippen molar-refractivity contribution in [3.8, 4) is 0 Å². The lowest BCUT2D eigenvalue weighted by molar-refractivity contribution is -0.121. The van der Waals surface area contributed by atoms with E-state index in [1.807, 2.05) is 32.5 Å². The first-order valence-corrected chi connectivity index (χ1v) is 6.35. The molecule has 1 unspecified atom stereocenters. The van der Waals surface area contributed by atoms with Gasteiger partial charge in [-0.3, -0.25) is 9.48 Å². The van der Waals surface area contributed by atoms with Gasteiger partial charge in [-0.05, 0) is 39.2 Å². The molecule has 1 aromatic heterocycles. The molecule has 0 aliphatic rings. The lowest BCUT2D eigenvalue weighted by Crippen LogP contribution is -2.33. The van der Waals surface area contributed by atoms with Crippen molar-refractivity contribution >= 4 is 5.91 Å². The van der Waals surface area contributed by atoms with Crippen LogP contribution in [0, 0.1) is 13.8 Å². The molecule has 0 fully saturated rings. The van der Waals surface area contributed by atoms with E-state index >= 15 is 0 Å². The van der Waals surface area contributed by atoms with Crippen molar-refractivity contribution in [2.24, 2.45) is 7.05 Å². The van der Waals surface area contributed by atoms with Gasteiger partial charge >= 0.3 is 0 Å². The number of nitrogens with one attached hydrogen (secondary N) is 1. The highest BCUT2D eigenvalue weighted by Crippen LogP contribution is 2.13. The molecule has 18 heavy (non-hydrogen) atoms. The van der Waals surface area contributed by atoms with E-state index in [9.17, 15) is 4.79 Å². The maximum atomic E-state index is 11.7. The Bertz CT molecular complexity index is 413. The lowest BCUT2D eigenvalue weighted by Gasteiger charge is -2.12. The minimum atomic E-state index is 0.0265. The van der Waals surface area contributed by atoms with Crippen LogP contribution in [0.15, 0.2) is 0 Å². The van der Waals surface area contributed by atoms with Crippen LogP contribution in [-0.2, 0) is 18.3 Å². The highest BCUT2D eigenvalue weighted by atomic mass is 16.3. The van der Waals surface area contributed by atoms with Gasteiger partial charge in [0.1, 0.15) is 0 Å². The maximum absolute atomic E-state index is 11.7. The van der Waals surface area contributed by atoms with E-state index < -0.39 is 0 Å². The second-order valence-corrected chi connectivity index (χ2v) is 4.75. The molecule has 0 spiro atoms. The number of nitrogens with zero attached hydrogens (tertiary/aromatic N) is 2. The first-order valence-electron chi connectivity index (χ1n) is 6.35. The standard InChI is InChI=1S/C13H23N3O2/c1-9(7-8-17)14-13(18)6-5-12-10(2)15-16(4)11(12)3/h9,17H,5-8H2,1-4H3,(H,14,18). The van der Waals surface area contributed by atoms with Crippen LogP contribution in [0.3, 0.4) is 0 Å². The molecule has 0 aliphatic heterocycles. The van der Waals surface area contributed by atoms with E-state index in [1.54, 1.807) is 0 Å². The molecule has 0 aliphatic carbocycles. The summed E-state index contributed by atoms with van der Waals surface area (Å²) in [4.78, 5) is 11.7. The maximum Gasteiger partial charge on any atom is 0.220 e.